The van der Waals surface area contributed by atoms with E-state index in [1.807, 2.05) is 12.1 Å². The van der Waals surface area contributed by atoms with Crippen molar-refractivity contribution in [3.63, 3.8) is 0 Å². The molecule has 0 saturated heterocycles. The number of benzene rings is 2. The molecule has 2 nitrogen and oxygen atoms in total. The number of fused-ring (bicyclic) bond motifs is 1. The van der Waals surface area contributed by atoms with Crippen LogP contribution in [-0.2, 0) is 12.8 Å². The first-order chi connectivity index (χ1) is 10.1. The van der Waals surface area contributed by atoms with E-state index >= 15 is 0 Å². The SMILES string of the molecule is Cc1ccccc1CC(O)c1ccc2c(c1)CCCN2C. The number of nitrogens with zero attached hydrogens (tertiary/aromatic N) is 1. The standard InChI is InChI=1S/C19H23NO/c1-14-6-3-4-7-15(14)13-19(21)17-9-10-18-16(12-17)8-5-11-20(18)2/h3-4,6-7,9-10,12,19,21H,5,8,11,13H2,1-2H3. The zero-order valence-corrected chi connectivity index (χ0v) is 12.8. The molecule has 0 saturated carbocycles. The highest BCUT2D eigenvalue weighted by Gasteiger charge is 2.16. The van der Waals surface area contributed by atoms with E-state index in [4.69, 9.17) is 0 Å². The van der Waals surface area contributed by atoms with Gasteiger partial charge in [-0.05, 0) is 48.1 Å². The van der Waals surface area contributed by atoms with E-state index in [2.05, 4.69) is 49.2 Å². The van der Waals surface area contributed by atoms with Gasteiger partial charge in [-0.3, -0.25) is 0 Å². The van der Waals surface area contributed by atoms with Gasteiger partial charge in [0.15, 0.2) is 0 Å². The van der Waals surface area contributed by atoms with E-state index in [0.717, 1.165) is 18.5 Å². The van der Waals surface area contributed by atoms with Crippen LogP contribution < -0.4 is 4.90 Å². The highest BCUT2D eigenvalue weighted by atomic mass is 16.3. The van der Waals surface area contributed by atoms with Crippen molar-refractivity contribution in [3.05, 3.63) is 64.7 Å². The topological polar surface area (TPSA) is 23.5 Å². The van der Waals surface area contributed by atoms with Gasteiger partial charge in [0, 0.05) is 25.7 Å². The molecule has 0 bridgehead atoms. The van der Waals surface area contributed by atoms with Gasteiger partial charge in [0.25, 0.3) is 0 Å². The summed E-state index contributed by atoms with van der Waals surface area (Å²) in [5.41, 5.74) is 6.18. The van der Waals surface area contributed by atoms with Crippen LogP contribution in [0.3, 0.4) is 0 Å². The zero-order valence-electron chi connectivity index (χ0n) is 12.8. The molecule has 0 fully saturated rings. The highest BCUT2D eigenvalue weighted by molar-refractivity contribution is 5.56. The number of aryl methyl sites for hydroxylation is 2. The zero-order chi connectivity index (χ0) is 14.8. The molecule has 21 heavy (non-hydrogen) atoms. The van der Waals surface area contributed by atoms with Crippen LogP contribution in [0.2, 0.25) is 0 Å². The van der Waals surface area contributed by atoms with Crippen molar-refractivity contribution in [3.8, 4) is 0 Å². The van der Waals surface area contributed by atoms with E-state index in [0.29, 0.717) is 6.42 Å². The molecule has 1 N–H and O–H groups in total. The molecule has 0 spiro atoms. The van der Waals surface area contributed by atoms with Crippen LogP contribution >= 0.6 is 0 Å². The lowest BCUT2D eigenvalue weighted by atomic mass is 9.94. The van der Waals surface area contributed by atoms with Gasteiger partial charge in [0.1, 0.15) is 0 Å². The minimum Gasteiger partial charge on any atom is -0.388 e. The molecule has 0 amide bonds. The van der Waals surface area contributed by atoms with Crippen LogP contribution in [0.1, 0.15) is 34.8 Å². The van der Waals surface area contributed by atoms with Gasteiger partial charge < -0.3 is 10.0 Å². The third-order valence-corrected chi connectivity index (χ3v) is 4.51. The molecule has 110 valence electrons. The Morgan fingerprint density at radius 2 is 2.00 bits per heavy atom. The molecule has 1 heterocycles. The summed E-state index contributed by atoms with van der Waals surface area (Å²) in [6.07, 6.45) is 2.57. The van der Waals surface area contributed by atoms with Crippen molar-refractivity contribution in [1.82, 2.24) is 0 Å². The number of aliphatic hydroxyl groups is 1. The Hall–Kier alpha value is -1.80. The average molecular weight is 281 g/mol. The van der Waals surface area contributed by atoms with Crippen molar-refractivity contribution in [1.29, 1.82) is 0 Å². The van der Waals surface area contributed by atoms with Gasteiger partial charge in [-0.1, -0.05) is 36.4 Å². The van der Waals surface area contributed by atoms with Crippen molar-refractivity contribution in [2.24, 2.45) is 0 Å². The maximum atomic E-state index is 10.6. The minimum atomic E-state index is -0.427. The second-order valence-electron chi connectivity index (χ2n) is 6.06. The van der Waals surface area contributed by atoms with Crippen LogP contribution in [-0.4, -0.2) is 18.7 Å². The van der Waals surface area contributed by atoms with Crippen LogP contribution in [0.15, 0.2) is 42.5 Å². The number of hydrogen-bond donors (Lipinski definition) is 1. The number of aliphatic hydroxyl groups excluding tert-OH is 1. The molecule has 0 aromatic heterocycles. The first-order valence-electron chi connectivity index (χ1n) is 7.71. The first-order valence-corrected chi connectivity index (χ1v) is 7.71. The molecule has 2 heteroatoms. The minimum absolute atomic E-state index is 0.427. The van der Waals surface area contributed by atoms with Crippen molar-refractivity contribution in [2.75, 3.05) is 18.5 Å². The predicted octanol–water partition coefficient (Wildman–Crippen LogP) is 3.65. The monoisotopic (exact) mass is 281 g/mol. The molecule has 0 aliphatic carbocycles. The molecule has 3 rings (SSSR count). The molecular formula is C19H23NO. The Bertz CT molecular complexity index is 635. The van der Waals surface area contributed by atoms with Crippen molar-refractivity contribution in [2.45, 2.75) is 32.3 Å². The number of hydrogen-bond acceptors (Lipinski definition) is 2. The Morgan fingerprint density at radius 3 is 2.81 bits per heavy atom. The molecule has 2 aromatic rings. The summed E-state index contributed by atoms with van der Waals surface area (Å²) in [6.45, 7) is 3.22. The Morgan fingerprint density at radius 1 is 1.19 bits per heavy atom. The smallest absolute Gasteiger partial charge is 0.0830 e. The summed E-state index contributed by atoms with van der Waals surface area (Å²) in [5.74, 6) is 0. The van der Waals surface area contributed by atoms with Crippen molar-refractivity contribution >= 4 is 5.69 Å². The fourth-order valence-electron chi connectivity index (χ4n) is 3.18. The number of anilines is 1. The van der Waals surface area contributed by atoms with E-state index < -0.39 is 6.10 Å². The normalized spacial score (nSPS) is 15.7. The van der Waals surface area contributed by atoms with Crippen LogP contribution in [0.5, 0.6) is 0 Å². The average Bonchev–Trinajstić information content (AvgIpc) is 2.49. The van der Waals surface area contributed by atoms with E-state index in [1.165, 1.54) is 28.8 Å². The molecule has 1 unspecified atom stereocenters. The van der Waals surface area contributed by atoms with E-state index in [-0.39, 0.29) is 0 Å². The summed E-state index contributed by atoms with van der Waals surface area (Å²) in [7, 11) is 2.14. The Balaban J connectivity index is 1.82. The Kier molecular flexibility index (Phi) is 3.98. The maximum absolute atomic E-state index is 10.6. The van der Waals surface area contributed by atoms with Crippen LogP contribution in [0.25, 0.3) is 0 Å². The summed E-state index contributed by atoms with van der Waals surface area (Å²) in [5, 5.41) is 10.6. The van der Waals surface area contributed by atoms with Crippen LogP contribution in [0.4, 0.5) is 5.69 Å². The van der Waals surface area contributed by atoms with Crippen molar-refractivity contribution < 1.29 is 5.11 Å². The molecule has 0 radical (unpaired) electrons. The Labute approximate surface area is 127 Å². The number of rotatable bonds is 3. The summed E-state index contributed by atoms with van der Waals surface area (Å²) >= 11 is 0. The fraction of sp³-hybridized carbons (Fsp3) is 0.368. The lowest BCUT2D eigenvalue weighted by Crippen LogP contribution is -2.24. The third-order valence-electron chi connectivity index (χ3n) is 4.51. The third kappa shape index (κ3) is 2.96. The summed E-state index contributed by atoms with van der Waals surface area (Å²) < 4.78 is 0. The molecule has 1 aliphatic rings. The molecular weight excluding hydrogens is 258 g/mol. The molecule has 1 aliphatic heterocycles. The van der Waals surface area contributed by atoms with Gasteiger partial charge in [0.2, 0.25) is 0 Å². The van der Waals surface area contributed by atoms with Gasteiger partial charge >= 0.3 is 0 Å². The maximum Gasteiger partial charge on any atom is 0.0830 e. The van der Waals surface area contributed by atoms with Gasteiger partial charge in [-0.15, -0.1) is 0 Å². The van der Waals surface area contributed by atoms with Crippen LogP contribution in [0, 0.1) is 6.92 Å². The quantitative estimate of drug-likeness (QED) is 0.928. The highest BCUT2D eigenvalue weighted by Crippen LogP contribution is 2.30. The summed E-state index contributed by atoms with van der Waals surface area (Å²) in [4.78, 5) is 2.30. The van der Waals surface area contributed by atoms with Gasteiger partial charge in [-0.2, -0.15) is 0 Å². The summed E-state index contributed by atoms with van der Waals surface area (Å²) in [6, 6.07) is 14.7. The fourth-order valence-corrected chi connectivity index (χ4v) is 3.18. The predicted molar refractivity (Wildman–Crippen MR) is 87.9 cm³/mol. The first kappa shape index (κ1) is 14.2. The lowest BCUT2D eigenvalue weighted by Gasteiger charge is -2.28. The van der Waals surface area contributed by atoms with E-state index in [9.17, 15) is 5.11 Å². The van der Waals surface area contributed by atoms with E-state index in [1.54, 1.807) is 0 Å². The largest absolute Gasteiger partial charge is 0.388 e. The lowest BCUT2D eigenvalue weighted by molar-refractivity contribution is 0.178. The second-order valence-corrected chi connectivity index (χ2v) is 6.06. The van der Waals surface area contributed by atoms with Gasteiger partial charge in [-0.25, -0.2) is 0 Å². The second kappa shape index (κ2) is 5.90. The van der Waals surface area contributed by atoms with Gasteiger partial charge in [0.05, 0.1) is 6.10 Å². The molecule has 1 atom stereocenters. The molecule has 2 aromatic carbocycles.